The molecule has 1 N–H and O–H groups in total. The summed E-state index contributed by atoms with van der Waals surface area (Å²) in [6.45, 7) is 4.17. The van der Waals surface area contributed by atoms with Crippen molar-refractivity contribution in [1.29, 1.82) is 0 Å². The lowest BCUT2D eigenvalue weighted by molar-refractivity contribution is -0.0250. The highest BCUT2D eigenvalue weighted by molar-refractivity contribution is 7.55. The van der Waals surface area contributed by atoms with Crippen LogP contribution in [0.1, 0.15) is 25.5 Å². The Labute approximate surface area is 179 Å². The number of nitrogens with one attached hydrogen (secondary N) is 1. The average molecular weight is 450 g/mol. The number of hydrogen-bond acceptors (Lipinski definition) is 7. The second kappa shape index (κ2) is 8.04. The predicted molar refractivity (Wildman–Crippen MR) is 113 cm³/mol. The molecule has 1 aliphatic heterocycles. The van der Waals surface area contributed by atoms with Crippen molar-refractivity contribution in [2.24, 2.45) is 5.41 Å². The van der Waals surface area contributed by atoms with Crippen molar-refractivity contribution >= 4 is 25.4 Å². The molecule has 2 heterocycles. The van der Waals surface area contributed by atoms with Crippen LogP contribution in [-0.4, -0.2) is 23.9 Å². The van der Waals surface area contributed by atoms with Crippen molar-refractivity contribution in [2.45, 2.75) is 20.0 Å². The van der Waals surface area contributed by atoms with E-state index >= 15 is 0 Å². The van der Waals surface area contributed by atoms with Gasteiger partial charge in [0.25, 0.3) is 0 Å². The minimum atomic E-state index is -3.74. The van der Waals surface area contributed by atoms with Crippen molar-refractivity contribution in [1.82, 2.24) is 10.2 Å². The molecule has 0 aliphatic carbocycles. The summed E-state index contributed by atoms with van der Waals surface area (Å²) >= 11 is 5.99. The highest BCUT2D eigenvalue weighted by Crippen LogP contribution is 2.60. The molecule has 158 valence electrons. The molecule has 0 saturated carbocycles. The monoisotopic (exact) mass is 449 g/mol. The topological polar surface area (TPSA) is 95.7 Å². The maximum absolute atomic E-state index is 13.2. The van der Waals surface area contributed by atoms with Gasteiger partial charge in [-0.05, 0) is 42.0 Å². The standard InChI is InChI=1S/C20H21ClN3O5P/c1-20(2)12-27-30(25,29-17(20)13-4-8-15(21)9-5-13)24-19-23-22-18(28-19)14-6-10-16(26-3)11-7-14/h4-11,17H,12H2,1-3H3,(H,23,24,25)/t17-,30?/m0/s1. The van der Waals surface area contributed by atoms with Crippen molar-refractivity contribution in [3.8, 4) is 17.2 Å². The quantitative estimate of drug-likeness (QED) is 0.493. The number of halogens is 1. The van der Waals surface area contributed by atoms with Gasteiger partial charge in [-0.15, -0.1) is 5.10 Å². The largest absolute Gasteiger partial charge is 0.497 e. The molecule has 0 bridgehead atoms. The first-order valence-corrected chi connectivity index (χ1v) is 11.1. The zero-order chi connectivity index (χ0) is 21.4. The molecule has 1 unspecified atom stereocenters. The van der Waals surface area contributed by atoms with E-state index in [1.807, 2.05) is 26.0 Å². The van der Waals surface area contributed by atoms with Crippen LogP contribution in [0.3, 0.4) is 0 Å². The third kappa shape index (κ3) is 4.37. The van der Waals surface area contributed by atoms with Gasteiger partial charge in [-0.25, -0.2) is 9.65 Å². The van der Waals surface area contributed by atoms with Gasteiger partial charge in [-0.3, -0.25) is 9.05 Å². The fourth-order valence-electron chi connectivity index (χ4n) is 3.08. The zero-order valence-electron chi connectivity index (χ0n) is 16.7. The average Bonchev–Trinajstić information content (AvgIpc) is 3.19. The Bertz CT molecular complexity index is 1070. The van der Waals surface area contributed by atoms with Crippen LogP contribution in [0.25, 0.3) is 11.5 Å². The van der Waals surface area contributed by atoms with Gasteiger partial charge in [0.15, 0.2) is 0 Å². The zero-order valence-corrected chi connectivity index (χ0v) is 18.3. The molecule has 3 aromatic rings. The number of anilines is 1. The van der Waals surface area contributed by atoms with Crippen LogP contribution in [0.15, 0.2) is 52.9 Å². The predicted octanol–water partition coefficient (Wildman–Crippen LogP) is 5.73. The second-order valence-corrected chi connectivity index (χ2v) is 9.67. The van der Waals surface area contributed by atoms with Crippen LogP contribution in [0, 0.1) is 5.41 Å². The first-order valence-electron chi connectivity index (χ1n) is 9.23. The van der Waals surface area contributed by atoms with E-state index in [4.69, 9.17) is 29.8 Å². The molecule has 1 saturated heterocycles. The van der Waals surface area contributed by atoms with E-state index in [9.17, 15) is 4.57 Å². The van der Waals surface area contributed by atoms with E-state index in [2.05, 4.69) is 15.3 Å². The molecule has 30 heavy (non-hydrogen) atoms. The summed E-state index contributed by atoms with van der Waals surface area (Å²) < 4.78 is 35.4. The lowest BCUT2D eigenvalue weighted by atomic mass is 9.83. The normalized spacial score (nSPS) is 23.1. The minimum Gasteiger partial charge on any atom is -0.497 e. The number of ether oxygens (including phenoxy) is 1. The molecule has 1 aromatic heterocycles. The van der Waals surface area contributed by atoms with E-state index < -0.39 is 19.3 Å². The molecule has 4 rings (SSSR count). The van der Waals surface area contributed by atoms with Crippen molar-refractivity contribution in [3.05, 3.63) is 59.1 Å². The maximum Gasteiger partial charge on any atom is 0.436 e. The number of aromatic nitrogens is 2. The summed E-state index contributed by atoms with van der Waals surface area (Å²) in [5.41, 5.74) is 1.13. The Kier molecular flexibility index (Phi) is 5.59. The molecule has 0 amide bonds. The fourth-order valence-corrected chi connectivity index (χ4v) is 4.90. The Morgan fingerprint density at radius 2 is 1.83 bits per heavy atom. The summed E-state index contributed by atoms with van der Waals surface area (Å²) in [4.78, 5) is 0. The Morgan fingerprint density at radius 3 is 2.50 bits per heavy atom. The van der Waals surface area contributed by atoms with Gasteiger partial charge in [0, 0.05) is 16.0 Å². The number of methoxy groups -OCH3 is 1. The molecule has 0 spiro atoms. The van der Waals surface area contributed by atoms with Gasteiger partial charge < -0.3 is 9.15 Å². The molecular weight excluding hydrogens is 429 g/mol. The fraction of sp³-hybridized carbons (Fsp3) is 0.300. The van der Waals surface area contributed by atoms with Gasteiger partial charge in [-0.1, -0.05) is 42.7 Å². The van der Waals surface area contributed by atoms with Crippen LogP contribution >= 0.6 is 19.3 Å². The Hall–Kier alpha value is -2.38. The molecule has 1 aliphatic rings. The number of rotatable bonds is 5. The van der Waals surface area contributed by atoms with Crippen molar-refractivity contribution in [3.63, 3.8) is 0 Å². The van der Waals surface area contributed by atoms with Gasteiger partial charge in [-0.2, -0.15) is 0 Å². The number of hydrogen-bond donors (Lipinski definition) is 1. The van der Waals surface area contributed by atoms with Gasteiger partial charge in [0.1, 0.15) is 11.9 Å². The van der Waals surface area contributed by atoms with E-state index in [1.165, 1.54) is 0 Å². The summed E-state index contributed by atoms with van der Waals surface area (Å²) in [7, 11) is -2.15. The highest BCUT2D eigenvalue weighted by Gasteiger charge is 2.46. The maximum atomic E-state index is 13.2. The minimum absolute atomic E-state index is 0.0567. The third-order valence-electron chi connectivity index (χ3n) is 4.73. The number of nitrogens with zero attached hydrogens (tertiary/aromatic N) is 2. The lowest BCUT2D eigenvalue weighted by Crippen LogP contribution is -2.34. The van der Waals surface area contributed by atoms with E-state index in [-0.39, 0.29) is 18.5 Å². The SMILES string of the molecule is COc1ccc(-c2nnc(NP3(=O)OCC(C)(C)[C@H](c4ccc(Cl)cc4)O3)o2)cc1. The van der Waals surface area contributed by atoms with Crippen LogP contribution in [0.4, 0.5) is 6.01 Å². The smallest absolute Gasteiger partial charge is 0.436 e. The third-order valence-corrected chi connectivity index (χ3v) is 6.40. The van der Waals surface area contributed by atoms with Crippen molar-refractivity contribution < 1.29 is 22.8 Å². The van der Waals surface area contributed by atoms with E-state index in [1.54, 1.807) is 43.5 Å². The van der Waals surface area contributed by atoms with Crippen LogP contribution in [0.2, 0.25) is 5.02 Å². The van der Waals surface area contributed by atoms with E-state index in [0.29, 0.717) is 16.3 Å². The molecule has 0 radical (unpaired) electrons. The van der Waals surface area contributed by atoms with Crippen molar-refractivity contribution in [2.75, 3.05) is 18.8 Å². The van der Waals surface area contributed by atoms with Gasteiger partial charge >= 0.3 is 13.8 Å². The molecule has 2 atom stereocenters. The van der Waals surface area contributed by atoms with Crippen LogP contribution in [0.5, 0.6) is 5.75 Å². The summed E-state index contributed by atoms with van der Waals surface area (Å²) in [5.74, 6) is 0.972. The molecule has 8 nitrogen and oxygen atoms in total. The van der Waals surface area contributed by atoms with Crippen LogP contribution < -0.4 is 9.82 Å². The Balaban J connectivity index is 1.53. The second-order valence-electron chi connectivity index (χ2n) is 7.55. The summed E-state index contributed by atoms with van der Waals surface area (Å²) in [5, 5.41) is 11.2. The lowest BCUT2D eigenvalue weighted by Gasteiger charge is -2.41. The van der Waals surface area contributed by atoms with Gasteiger partial charge in [0.05, 0.1) is 13.7 Å². The van der Waals surface area contributed by atoms with Gasteiger partial charge in [0.2, 0.25) is 5.89 Å². The molecule has 2 aromatic carbocycles. The summed E-state index contributed by atoms with van der Waals surface area (Å²) in [6.07, 6.45) is -0.481. The molecule has 1 fully saturated rings. The Morgan fingerprint density at radius 1 is 1.13 bits per heavy atom. The molecule has 10 heteroatoms. The first-order chi connectivity index (χ1) is 14.3. The highest BCUT2D eigenvalue weighted by atomic mass is 35.5. The summed E-state index contributed by atoms with van der Waals surface area (Å²) in [6, 6.07) is 14.3. The number of benzene rings is 2. The van der Waals surface area contributed by atoms with E-state index in [0.717, 1.165) is 5.56 Å². The van der Waals surface area contributed by atoms with Crippen LogP contribution in [-0.2, 0) is 13.6 Å². The first kappa shape index (κ1) is 20.9. The molecular formula is C20H21ClN3O5P.